The van der Waals surface area contributed by atoms with Crippen molar-refractivity contribution in [2.75, 3.05) is 0 Å². The summed E-state index contributed by atoms with van der Waals surface area (Å²) in [6.45, 7) is 6.07. The molecule has 1 heterocycles. The van der Waals surface area contributed by atoms with Crippen molar-refractivity contribution in [2.45, 2.75) is 6.92 Å². The molecule has 1 nitrogen and oxygen atoms in total. The molecule has 0 spiro atoms. The third-order valence-corrected chi connectivity index (χ3v) is 3.09. The Morgan fingerprint density at radius 1 is 1.00 bits per heavy atom. The first kappa shape index (κ1) is 10.8. The first-order valence-electron chi connectivity index (χ1n) is 5.99. The highest BCUT2D eigenvalue weighted by atomic mass is 16.5. The Labute approximate surface area is 107 Å². The molecule has 1 aliphatic heterocycles. The normalized spacial score (nSPS) is 13.6. The summed E-state index contributed by atoms with van der Waals surface area (Å²) in [5.41, 5.74) is 4.48. The van der Waals surface area contributed by atoms with Gasteiger partial charge >= 0.3 is 0 Å². The fraction of sp³-hybridized carbons (Fsp3) is 0.0588. The molecule has 1 heteroatoms. The third-order valence-electron chi connectivity index (χ3n) is 3.09. The van der Waals surface area contributed by atoms with E-state index in [-0.39, 0.29) is 0 Å². The van der Waals surface area contributed by atoms with Gasteiger partial charge in [-0.15, -0.1) is 0 Å². The van der Waals surface area contributed by atoms with Gasteiger partial charge in [0.15, 0.2) is 0 Å². The van der Waals surface area contributed by atoms with Crippen molar-refractivity contribution < 1.29 is 4.74 Å². The second kappa shape index (κ2) is 4.19. The minimum absolute atomic E-state index is 0.708. The summed E-state index contributed by atoms with van der Waals surface area (Å²) in [7, 11) is 0. The number of aryl methyl sites for hydroxylation is 1. The minimum atomic E-state index is 0.708. The van der Waals surface area contributed by atoms with E-state index in [0.29, 0.717) is 5.76 Å². The van der Waals surface area contributed by atoms with E-state index in [1.807, 2.05) is 24.3 Å². The molecule has 0 fully saturated rings. The van der Waals surface area contributed by atoms with Gasteiger partial charge in [-0.05, 0) is 30.2 Å². The Balaban J connectivity index is 2.12. The molecule has 2 aromatic rings. The maximum Gasteiger partial charge on any atom is 0.134 e. The Kier molecular flexibility index (Phi) is 2.52. The highest BCUT2D eigenvalue weighted by Gasteiger charge is 2.16. The molecule has 0 amide bonds. The van der Waals surface area contributed by atoms with Gasteiger partial charge < -0.3 is 4.74 Å². The summed E-state index contributed by atoms with van der Waals surface area (Å²) in [5.74, 6) is 1.60. The van der Waals surface area contributed by atoms with E-state index >= 15 is 0 Å². The fourth-order valence-electron chi connectivity index (χ4n) is 2.13. The molecule has 0 aliphatic carbocycles. The molecule has 0 atom stereocenters. The highest BCUT2D eigenvalue weighted by Crippen LogP contribution is 2.36. The first-order valence-corrected chi connectivity index (χ1v) is 5.99. The SMILES string of the molecule is C=C1Oc2cc(C)ccc2C=C1c1ccccc1. The molecule has 0 aromatic heterocycles. The second-order valence-corrected chi connectivity index (χ2v) is 4.49. The van der Waals surface area contributed by atoms with Crippen molar-refractivity contribution in [2.24, 2.45) is 0 Å². The van der Waals surface area contributed by atoms with Gasteiger partial charge in [-0.2, -0.15) is 0 Å². The smallest absolute Gasteiger partial charge is 0.134 e. The minimum Gasteiger partial charge on any atom is -0.457 e. The summed E-state index contributed by atoms with van der Waals surface area (Å²) in [6, 6.07) is 16.4. The van der Waals surface area contributed by atoms with Crippen molar-refractivity contribution >= 4 is 11.6 Å². The molecule has 0 saturated carbocycles. The summed E-state index contributed by atoms with van der Waals surface area (Å²) in [6.07, 6.45) is 2.13. The molecule has 3 rings (SSSR count). The third kappa shape index (κ3) is 1.84. The van der Waals surface area contributed by atoms with Gasteiger partial charge in [0.25, 0.3) is 0 Å². The van der Waals surface area contributed by atoms with Crippen LogP contribution < -0.4 is 4.74 Å². The van der Waals surface area contributed by atoms with Crippen LogP contribution in [0, 0.1) is 6.92 Å². The number of hydrogen-bond acceptors (Lipinski definition) is 1. The quantitative estimate of drug-likeness (QED) is 0.708. The van der Waals surface area contributed by atoms with Crippen LogP contribution in [0.1, 0.15) is 16.7 Å². The van der Waals surface area contributed by atoms with Crippen LogP contribution in [-0.4, -0.2) is 0 Å². The number of benzene rings is 2. The average molecular weight is 234 g/mol. The topological polar surface area (TPSA) is 9.23 Å². The van der Waals surface area contributed by atoms with E-state index in [0.717, 1.165) is 22.4 Å². The summed E-state index contributed by atoms with van der Waals surface area (Å²) >= 11 is 0. The molecule has 88 valence electrons. The molecule has 1 aliphatic rings. The number of ether oxygens (including phenoxy) is 1. The van der Waals surface area contributed by atoms with Crippen LogP contribution >= 0.6 is 0 Å². The van der Waals surface area contributed by atoms with Gasteiger partial charge in [0, 0.05) is 11.1 Å². The highest BCUT2D eigenvalue weighted by molar-refractivity contribution is 5.92. The molecule has 18 heavy (non-hydrogen) atoms. The van der Waals surface area contributed by atoms with E-state index in [2.05, 4.69) is 43.8 Å². The average Bonchev–Trinajstić information content (AvgIpc) is 2.39. The molecular formula is C17H14O. The Morgan fingerprint density at radius 2 is 1.78 bits per heavy atom. The predicted octanol–water partition coefficient (Wildman–Crippen LogP) is 4.44. The summed E-state index contributed by atoms with van der Waals surface area (Å²) in [5, 5.41) is 0. The standard InChI is InChI=1S/C17H14O/c1-12-8-9-15-11-16(13(2)18-17(15)10-12)14-6-4-3-5-7-14/h3-11H,2H2,1H3. The van der Waals surface area contributed by atoms with Crippen LogP contribution in [0.25, 0.3) is 11.6 Å². The monoisotopic (exact) mass is 234 g/mol. The van der Waals surface area contributed by atoms with E-state index in [1.54, 1.807) is 0 Å². The van der Waals surface area contributed by atoms with Crippen molar-refractivity contribution in [3.63, 3.8) is 0 Å². The van der Waals surface area contributed by atoms with E-state index in [1.165, 1.54) is 5.56 Å². The lowest BCUT2D eigenvalue weighted by Crippen LogP contribution is -2.03. The van der Waals surface area contributed by atoms with Gasteiger partial charge in [-0.3, -0.25) is 0 Å². The first-order chi connectivity index (χ1) is 8.74. The lowest BCUT2D eigenvalue weighted by atomic mass is 9.98. The lowest BCUT2D eigenvalue weighted by molar-refractivity contribution is 0.447. The van der Waals surface area contributed by atoms with E-state index in [9.17, 15) is 0 Å². The molecule has 0 unspecified atom stereocenters. The Morgan fingerprint density at radius 3 is 2.56 bits per heavy atom. The van der Waals surface area contributed by atoms with Crippen LogP contribution in [0.15, 0.2) is 60.9 Å². The van der Waals surface area contributed by atoms with Crippen molar-refractivity contribution in [1.29, 1.82) is 0 Å². The number of rotatable bonds is 1. The number of allylic oxidation sites excluding steroid dienone is 1. The fourth-order valence-corrected chi connectivity index (χ4v) is 2.13. The lowest BCUT2D eigenvalue weighted by Gasteiger charge is -2.20. The summed E-state index contributed by atoms with van der Waals surface area (Å²) in [4.78, 5) is 0. The van der Waals surface area contributed by atoms with E-state index < -0.39 is 0 Å². The molecule has 0 saturated heterocycles. The van der Waals surface area contributed by atoms with Crippen molar-refractivity contribution in [1.82, 2.24) is 0 Å². The van der Waals surface area contributed by atoms with Gasteiger partial charge in [0.1, 0.15) is 11.5 Å². The molecule has 0 bridgehead atoms. The van der Waals surface area contributed by atoms with Gasteiger partial charge in [-0.1, -0.05) is 49.0 Å². The van der Waals surface area contributed by atoms with Gasteiger partial charge in [-0.25, -0.2) is 0 Å². The summed E-state index contributed by atoms with van der Waals surface area (Å²) < 4.78 is 5.82. The van der Waals surface area contributed by atoms with Crippen molar-refractivity contribution in [3.05, 3.63) is 77.6 Å². The predicted molar refractivity (Wildman–Crippen MR) is 75.3 cm³/mol. The zero-order chi connectivity index (χ0) is 12.5. The maximum absolute atomic E-state index is 5.82. The molecular weight excluding hydrogens is 220 g/mol. The molecule has 2 aromatic carbocycles. The second-order valence-electron chi connectivity index (χ2n) is 4.49. The van der Waals surface area contributed by atoms with Gasteiger partial charge in [0.2, 0.25) is 0 Å². The maximum atomic E-state index is 5.82. The number of fused-ring (bicyclic) bond motifs is 1. The Bertz CT molecular complexity index is 636. The largest absolute Gasteiger partial charge is 0.457 e. The molecule has 0 radical (unpaired) electrons. The van der Waals surface area contributed by atoms with E-state index in [4.69, 9.17) is 4.74 Å². The van der Waals surface area contributed by atoms with Crippen LogP contribution in [0.2, 0.25) is 0 Å². The Hall–Kier alpha value is -2.28. The number of hydrogen-bond donors (Lipinski definition) is 0. The van der Waals surface area contributed by atoms with Crippen LogP contribution in [-0.2, 0) is 0 Å². The van der Waals surface area contributed by atoms with Crippen LogP contribution in [0.3, 0.4) is 0 Å². The van der Waals surface area contributed by atoms with Crippen LogP contribution in [0.5, 0.6) is 5.75 Å². The zero-order valence-corrected chi connectivity index (χ0v) is 10.3. The van der Waals surface area contributed by atoms with Crippen molar-refractivity contribution in [3.8, 4) is 5.75 Å². The molecule has 0 N–H and O–H groups in total. The van der Waals surface area contributed by atoms with Crippen LogP contribution in [0.4, 0.5) is 0 Å². The van der Waals surface area contributed by atoms with Gasteiger partial charge in [0.05, 0.1) is 0 Å². The zero-order valence-electron chi connectivity index (χ0n) is 10.3.